The molecule has 12 heteroatoms. The molecule has 0 radical (unpaired) electrons. The highest BCUT2D eigenvalue weighted by atomic mass is 16.3. The van der Waals surface area contributed by atoms with Gasteiger partial charge in [-0.3, -0.25) is 14.4 Å². The maximum Gasteiger partial charge on any atom is 0.251 e. The van der Waals surface area contributed by atoms with E-state index in [2.05, 4.69) is 36.6 Å². The first-order chi connectivity index (χ1) is 24.2. The van der Waals surface area contributed by atoms with E-state index < -0.39 is 6.04 Å². The fraction of sp³-hybridized carbons (Fsp3) is 0.421. The van der Waals surface area contributed by atoms with Crippen LogP contribution >= 0.6 is 0 Å². The number of benzene rings is 3. The molecule has 3 aromatic carbocycles. The molecule has 7 N–H and O–H groups in total. The summed E-state index contributed by atoms with van der Waals surface area (Å²) in [5, 5.41) is 33.0. The molecule has 2 fully saturated rings. The van der Waals surface area contributed by atoms with Crippen LogP contribution in [-0.2, 0) is 16.0 Å². The summed E-state index contributed by atoms with van der Waals surface area (Å²) < 4.78 is 0. The third-order valence-electron chi connectivity index (χ3n) is 10.2. The van der Waals surface area contributed by atoms with Gasteiger partial charge in [0.25, 0.3) is 5.91 Å². The van der Waals surface area contributed by atoms with Crippen LogP contribution in [0.25, 0.3) is 22.5 Å². The fourth-order valence-corrected chi connectivity index (χ4v) is 6.99. The summed E-state index contributed by atoms with van der Waals surface area (Å²) >= 11 is 0. The van der Waals surface area contributed by atoms with Gasteiger partial charge in [-0.1, -0.05) is 30.3 Å². The van der Waals surface area contributed by atoms with E-state index >= 15 is 0 Å². The van der Waals surface area contributed by atoms with Gasteiger partial charge < -0.3 is 26.8 Å². The van der Waals surface area contributed by atoms with Crippen LogP contribution in [0.15, 0.2) is 66.7 Å². The standard InChI is InChI=1S/C38H46N8O4/c1-23-2-7-29(37(49)40-31-16-18-32(47)19-17-31)21-33(23)26-8-3-24(4-9-26)20-34(42-36(48)28-10-5-25(22-39)6-11-28)38(50)41-30-14-12-27(13-15-30)35-43-45-46-44-35/h2-4,7-9,12-15,21,25,28,31-32,34,47H,5-6,10-11,16-20,22,39H2,1H3,(H,40,49)(H,41,50)(H,42,48)(H,43,44,45,46)/t25?,28?,31?,32?,34-/m0/s1. The Morgan fingerprint density at radius 1 is 0.900 bits per heavy atom. The number of aliphatic hydroxyl groups excluding tert-OH is 1. The quantitative estimate of drug-likeness (QED) is 0.135. The third kappa shape index (κ3) is 8.80. The fourth-order valence-electron chi connectivity index (χ4n) is 6.99. The lowest BCUT2D eigenvalue weighted by Crippen LogP contribution is -2.48. The molecule has 2 aliphatic rings. The molecule has 2 aliphatic carbocycles. The Morgan fingerprint density at radius 3 is 2.26 bits per heavy atom. The van der Waals surface area contributed by atoms with Gasteiger partial charge in [0.1, 0.15) is 6.04 Å². The number of aliphatic hydroxyl groups is 1. The number of amides is 3. The predicted octanol–water partition coefficient (Wildman–Crippen LogP) is 4.31. The molecule has 1 aromatic heterocycles. The first-order valence-corrected chi connectivity index (χ1v) is 17.6. The lowest BCUT2D eigenvalue weighted by atomic mass is 9.81. The maximum atomic E-state index is 13.7. The van der Waals surface area contributed by atoms with Gasteiger partial charge in [-0.05, 0) is 135 Å². The molecule has 1 atom stereocenters. The zero-order chi connectivity index (χ0) is 35.0. The maximum absolute atomic E-state index is 13.7. The van der Waals surface area contributed by atoms with Crippen molar-refractivity contribution >= 4 is 23.4 Å². The van der Waals surface area contributed by atoms with E-state index in [0.29, 0.717) is 48.8 Å². The minimum Gasteiger partial charge on any atom is -0.393 e. The molecule has 0 aliphatic heterocycles. The van der Waals surface area contributed by atoms with Crippen molar-refractivity contribution in [1.82, 2.24) is 31.3 Å². The van der Waals surface area contributed by atoms with Gasteiger partial charge in [-0.25, -0.2) is 0 Å². The van der Waals surface area contributed by atoms with Crippen molar-refractivity contribution in [2.45, 2.75) is 82.9 Å². The number of rotatable bonds is 11. The SMILES string of the molecule is Cc1ccc(C(=O)NC2CCC(O)CC2)cc1-c1ccc(C[C@H](NC(=O)C2CCC(CN)CC2)C(=O)Nc2ccc(-c3nn[nH]n3)cc2)cc1. The molecule has 6 rings (SSSR count). The number of nitrogens with two attached hydrogens (primary N) is 1. The van der Waals surface area contributed by atoms with Gasteiger partial charge >= 0.3 is 0 Å². The minimum absolute atomic E-state index is 0.0672. The van der Waals surface area contributed by atoms with E-state index in [4.69, 9.17) is 5.73 Å². The van der Waals surface area contributed by atoms with Crippen molar-refractivity contribution in [1.29, 1.82) is 0 Å². The number of hydrogen-bond donors (Lipinski definition) is 6. The number of nitrogens with one attached hydrogen (secondary N) is 4. The van der Waals surface area contributed by atoms with Crippen molar-refractivity contribution in [2.75, 3.05) is 11.9 Å². The molecule has 0 saturated heterocycles. The lowest BCUT2D eigenvalue weighted by molar-refractivity contribution is -0.130. The molecule has 0 unspecified atom stereocenters. The van der Waals surface area contributed by atoms with Crippen molar-refractivity contribution in [2.24, 2.45) is 17.6 Å². The van der Waals surface area contributed by atoms with E-state index in [1.54, 1.807) is 24.3 Å². The summed E-state index contributed by atoms with van der Waals surface area (Å²) in [7, 11) is 0. The molecule has 4 aromatic rings. The second kappa shape index (κ2) is 16.2. The normalized spacial score (nSPS) is 21.2. The molecule has 0 spiro atoms. The van der Waals surface area contributed by atoms with Crippen LogP contribution in [0.1, 0.15) is 72.9 Å². The number of tetrazole rings is 1. The second-order valence-corrected chi connectivity index (χ2v) is 13.7. The van der Waals surface area contributed by atoms with Gasteiger partial charge in [0.05, 0.1) is 6.10 Å². The molecule has 2 saturated carbocycles. The number of anilines is 1. The Morgan fingerprint density at radius 2 is 1.60 bits per heavy atom. The van der Waals surface area contributed by atoms with Crippen molar-refractivity contribution in [3.63, 3.8) is 0 Å². The van der Waals surface area contributed by atoms with Gasteiger partial charge in [0, 0.05) is 35.2 Å². The van der Waals surface area contributed by atoms with Crippen LogP contribution in [0, 0.1) is 18.8 Å². The molecular formula is C38H46N8O4. The number of aryl methyl sites for hydroxylation is 1. The van der Waals surface area contributed by atoms with E-state index in [9.17, 15) is 19.5 Å². The Balaban J connectivity index is 1.15. The average Bonchev–Trinajstić information content (AvgIpc) is 3.68. The van der Waals surface area contributed by atoms with Crippen molar-refractivity contribution in [3.8, 4) is 22.5 Å². The number of carbonyl (C=O) groups excluding carboxylic acids is 3. The van der Waals surface area contributed by atoms with Gasteiger partial charge in [0.2, 0.25) is 17.6 Å². The van der Waals surface area contributed by atoms with Gasteiger partial charge in [0.15, 0.2) is 0 Å². The van der Waals surface area contributed by atoms with E-state index in [1.165, 1.54) is 0 Å². The number of nitrogens with zero attached hydrogens (tertiary/aromatic N) is 3. The average molecular weight is 679 g/mol. The second-order valence-electron chi connectivity index (χ2n) is 13.7. The summed E-state index contributed by atoms with van der Waals surface area (Å²) in [6.45, 7) is 2.64. The highest BCUT2D eigenvalue weighted by Crippen LogP contribution is 2.29. The number of carbonyl (C=O) groups is 3. The Kier molecular flexibility index (Phi) is 11.3. The van der Waals surface area contributed by atoms with Crippen LogP contribution in [0.4, 0.5) is 5.69 Å². The third-order valence-corrected chi connectivity index (χ3v) is 10.2. The monoisotopic (exact) mass is 678 g/mol. The molecule has 50 heavy (non-hydrogen) atoms. The predicted molar refractivity (Wildman–Crippen MR) is 191 cm³/mol. The Hall–Kier alpha value is -4.94. The zero-order valence-corrected chi connectivity index (χ0v) is 28.4. The summed E-state index contributed by atoms with van der Waals surface area (Å²) in [6, 6.07) is 20.0. The molecule has 1 heterocycles. The summed E-state index contributed by atoms with van der Waals surface area (Å²) in [5.74, 6) is 0.202. The van der Waals surface area contributed by atoms with E-state index in [0.717, 1.165) is 66.3 Å². The minimum atomic E-state index is -0.799. The number of aromatic nitrogens is 4. The number of hydrogen-bond acceptors (Lipinski definition) is 8. The van der Waals surface area contributed by atoms with E-state index in [1.807, 2.05) is 49.4 Å². The van der Waals surface area contributed by atoms with Crippen LogP contribution in [0.2, 0.25) is 0 Å². The first-order valence-electron chi connectivity index (χ1n) is 17.6. The first kappa shape index (κ1) is 34.9. The Labute approximate surface area is 292 Å². The van der Waals surface area contributed by atoms with Crippen LogP contribution in [-0.4, -0.2) is 68.2 Å². The zero-order valence-electron chi connectivity index (χ0n) is 28.4. The molecule has 3 amide bonds. The topological polar surface area (TPSA) is 188 Å². The number of H-pyrrole nitrogens is 1. The largest absolute Gasteiger partial charge is 0.393 e. The molecule has 262 valence electrons. The highest BCUT2D eigenvalue weighted by Gasteiger charge is 2.29. The van der Waals surface area contributed by atoms with Crippen LogP contribution < -0.4 is 21.7 Å². The van der Waals surface area contributed by atoms with Crippen molar-refractivity contribution in [3.05, 3.63) is 83.4 Å². The molecule has 12 nitrogen and oxygen atoms in total. The van der Waals surface area contributed by atoms with Crippen molar-refractivity contribution < 1.29 is 19.5 Å². The van der Waals surface area contributed by atoms with E-state index in [-0.39, 0.29) is 35.8 Å². The highest BCUT2D eigenvalue weighted by molar-refractivity contribution is 5.98. The summed E-state index contributed by atoms with van der Waals surface area (Å²) in [5.41, 5.74) is 11.6. The number of aromatic amines is 1. The summed E-state index contributed by atoms with van der Waals surface area (Å²) in [6.07, 6.45) is 6.31. The Bertz CT molecular complexity index is 1740. The van der Waals surface area contributed by atoms with Gasteiger partial charge in [-0.15, -0.1) is 10.2 Å². The van der Waals surface area contributed by atoms with Crippen LogP contribution in [0.3, 0.4) is 0 Å². The summed E-state index contributed by atoms with van der Waals surface area (Å²) in [4.78, 5) is 40.3. The lowest BCUT2D eigenvalue weighted by Gasteiger charge is -2.28. The van der Waals surface area contributed by atoms with Gasteiger partial charge in [-0.2, -0.15) is 5.21 Å². The molecule has 0 bridgehead atoms. The smallest absolute Gasteiger partial charge is 0.251 e. The van der Waals surface area contributed by atoms with Crippen LogP contribution in [0.5, 0.6) is 0 Å². The molecular weight excluding hydrogens is 632 g/mol.